The van der Waals surface area contributed by atoms with Crippen LogP contribution in [0, 0.1) is 0 Å². The van der Waals surface area contributed by atoms with Gasteiger partial charge in [0.25, 0.3) is 0 Å². The minimum atomic E-state index is -0.143. The second-order valence-corrected chi connectivity index (χ2v) is 4.27. The van der Waals surface area contributed by atoms with Gasteiger partial charge in [0.15, 0.2) is 0 Å². The molecule has 1 aromatic carbocycles. The Hall–Kier alpha value is -1.81. The lowest BCUT2D eigenvalue weighted by Crippen LogP contribution is -2.18. The number of hydrogen-bond acceptors (Lipinski definition) is 3. The number of para-hydroxylation sites is 1. The number of rotatable bonds is 6. The van der Waals surface area contributed by atoms with Crippen molar-refractivity contribution in [1.29, 1.82) is 0 Å². The van der Waals surface area contributed by atoms with E-state index in [1.165, 1.54) is 0 Å². The SMILES string of the molecule is CCCn1cc(C(N)COc2ccccc2)cn1. The normalized spacial score (nSPS) is 12.3. The van der Waals surface area contributed by atoms with E-state index < -0.39 is 0 Å². The molecule has 1 heterocycles. The van der Waals surface area contributed by atoms with Crippen LogP contribution in [0.4, 0.5) is 0 Å². The van der Waals surface area contributed by atoms with E-state index in [4.69, 9.17) is 10.5 Å². The second kappa shape index (κ2) is 6.21. The van der Waals surface area contributed by atoms with Gasteiger partial charge < -0.3 is 10.5 Å². The van der Waals surface area contributed by atoms with E-state index in [-0.39, 0.29) is 6.04 Å². The first-order valence-electron chi connectivity index (χ1n) is 6.25. The molecule has 0 spiro atoms. The van der Waals surface area contributed by atoms with E-state index in [1.807, 2.05) is 47.4 Å². The first-order chi connectivity index (χ1) is 8.79. The van der Waals surface area contributed by atoms with Gasteiger partial charge in [-0.05, 0) is 18.6 Å². The fourth-order valence-electron chi connectivity index (χ4n) is 1.72. The molecule has 2 aromatic rings. The maximum atomic E-state index is 6.07. The molecule has 96 valence electrons. The number of aryl methyl sites for hydroxylation is 1. The number of nitrogens with zero attached hydrogens (tertiary/aromatic N) is 2. The molecule has 0 fully saturated rings. The van der Waals surface area contributed by atoms with Gasteiger partial charge in [-0.25, -0.2) is 0 Å². The number of hydrogen-bond donors (Lipinski definition) is 1. The molecule has 18 heavy (non-hydrogen) atoms. The van der Waals surface area contributed by atoms with Gasteiger partial charge in [0.2, 0.25) is 0 Å². The lowest BCUT2D eigenvalue weighted by Gasteiger charge is -2.11. The standard InChI is InChI=1S/C14H19N3O/c1-2-8-17-10-12(9-16-17)14(15)11-18-13-6-4-3-5-7-13/h3-7,9-10,14H,2,8,11,15H2,1H3. The molecule has 1 unspecified atom stereocenters. The average Bonchev–Trinajstić information content (AvgIpc) is 2.86. The summed E-state index contributed by atoms with van der Waals surface area (Å²) in [6.07, 6.45) is 4.87. The molecule has 0 bridgehead atoms. The summed E-state index contributed by atoms with van der Waals surface area (Å²) in [5, 5.41) is 4.26. The van der Waals surface area contributed by atoms with Crippen molar-refractivity contribution in [3.63, 3.8) is 0 Å². The Bertz CT molecular complexity index is 467. The molecule has 0 saturated heterocycles. The van der Waals surface area contributed by atoms with Gasteiger partial charge in [-0.3, -0.25) is 4.68 Å². The summed E-state index contributed by atoms with van der Waals surface area (Å²) in [5.41, 5.74) is 7.09. The van der Waals surface area contributed by atoms with Crippen LogP contribution in [0.2, 0.25) is 0 Å². The lowest BCUT2D eigenvalue weighted by atomic mass is 10.2. The first-order valence-corrected chi connectivity index (χ1v) is 6.25. The summed E-state index contributed by atoms with van der Waals surface area (Å²) in [6.45, 7) is 3.51. The van der Waals surface area contributed by atoms with Gasteiger partial charge in [0, 0.05) is 18.3 Å². The van der Waals surface area contributed by atoms with E-state index in [0.717, 1.165) is 24.3 Å². The minimum Gasteiger partial charge on any atom is -0.492 e. The van der Waals surface area contributed by atoms with Gasteiger partial charge in [-0.2, -0.15) is 5.10 Å². The predicted molar refractivity (Wildman–Crippen MR) is 71.4 cm³/mol. The Labute approximate surface area is 107 Å². The highest BCUT2D eigenvalue weighted by molar-refractivity contribution is 5.21. The van der Waals surface area contributed by atoms with E-state index in [2.05, 4.69) is 12.0 Å². The summed E-state index contributed by atoms with van der Waals surface area (Å²) in [6, 6.07) is 9.55. The quantitative estimate of drug-likeness (QED) is 0.850. The van der Waals surface area contributed by atoms with Gasteiger partial charge >= 0.3 is 0 Å². The summed E-state index contributed by atoms with van der Waals surface area (Å²) in [4.78, 5) is 0. The minimum absolute atomic E-state index is 0.143. The molecule has 0 aliphatic rings. The summed E-state index contributed by atoms with van der Waals surface area (Å²) in [7, 11) is 0. The lowest BCUT2D eigenvalue weighted by molar-refractivity contribution is 0.290. The number of ether oxygens (including phenoxy) is 1. The molecule has 0 aliphatic heterocycles. The molecule has 0 amide bonds. The monoisotopic (exact) mass is 245 g/mol. The van der Waals surface area contributed by atoms with Crippen molar-refractivity contribution in [3.8, 4) is 5.75 Å². The molecule has 2 N–H and O–H groups in total. The molecular weight excluding hydrogens is 226 g/mol. The second-order valence-electron chi connectivity index (χ2n) is 4.27. The summed E-state index contributed by atoms with van der Waals surface area (Å²) < 4.78 is 7.54. The van der Waals surface area contributed by atoms with Crippen molar-refractivity contribution in [2.24, 2.45) is 5.73 Å². The Kier molecular flexibility index (Phi) is 4.36. The van der Waals surface area contributed by atoms with Gasteiger partial charge in [0.1, 0.15) is 12.4 Å². The van der Waals surface area contributed by atoms with Crippen molar-refractivity contribution in [3.05, 3.63) is 48.3 Å². The molecule has 0 saturated carbocycles. The fraction of sp³-hybridized carbons (Fsp3) is 0.357. The third-order valence-electron chi connectivity index (χ3n) is 2.71. The van der Waals surface area contributed by atoms with Crippen LogP contribution in [0.3, 0.4) is 0 Å². The molecular formula is C14H19N3O. The van der Waals surface area contributed by atoms with Crippen LogP contribution in [-0.2, 0) is 6.54 Å². The zero-order chi connectivity index (χ0) is 12.8. The Morgan fingerprint density at radius 2 is 2.11 bits per heavy atom. The van der Waals surface area contributed by atoms with Crippen LogP contribution < -0.4 is 10.5 Å². The molecule has 1 atom stereocenters. The maximum absolute atomic E-state index is 6.07. The largest absolute Gasteiger partial charge is 0.492 e. The highest BCUT2D eigenvalue weighted by atomic mass is 16.5. The topological polar surface area (TPSA) is 53.1 Å². The van der Waals surface area contributed by atoms with E-state index in [9.17, 15) is 0 Å². The van der Waals surface area contributed by atoms with Crippen molar-refractivity contribution in [2.75, 3.05) is 6.61 Å². The van der Waals surface area contributed by atoms with E-state index >= 15 is 0 Å². The average molecular weight is 245 g/mol. The fourth-order valence-corrected chi connectivity index (χ4v) is 1.72. The zero-order valence-electron chi connectivity index (χ0n) is 10.6. The molecule has 4 heteroatoms. The van der Waals surface area contributed by atoms with Gasteiger partial charge in [0.05, 0.1) is 12.2 Å². The third kappa shape index (κ3) is 3.34. The van der Waals surface area contributed by atoms with Crippen LogP contribution >= 0.6 is 0 Å². The predicted octanol–water partition coefficient (Wildman–Crippen LogP) is 2.37. The van der Waals surface area contributed by atoms with Crippen molar-refractivity contribution >= 4 is 0 Å². The van der Waals surface area contributed by atoms with Crippen molar-refractivity contribution in [1.82, 2.24) is 9.78 Å². The van der Waals surface area contributed by atoms with Crippen LogP contribution in [0.25, 0.3) is 0 Å². The Morgan fingerprint density at radius 1 is 1.33 bits per heavy atom. The highest BCUT2D eigenvalue weighted by Crippen LogP contribution is 2.13. The Morgan fingerprint density at radius 3 is 2.83 bits per heavy atom. The van der Waals surface area contributed by atoms with Crippen LogP contribution in [0.5, 0.6) is 5.75 Å². The van der Waals surface area contributed by atoms with E-state index in [1.54, 1.807) is 0 Å². The molecule has 1 aromatic heterocycles. The molecule has 0 radical (unpaired) electrons. The van der Waals surface area contributed by atoms with Crippen LogP contribution in [-0.4, -0.2) is 16.4 Å². The number of nitrogens with two attached hydrogens (primary N) is 1. The molecule has 0 aliphatic carbocycles. The van der Waals surface area contributed by atoms with Gasteiger partial charge in [-0.1, -0.05) is 25.1 Å². The highest BCUT2D eigenvalue weighted by Gasteiger charge is 2.09. The van der Waals surface area contributed by atoms with Crippen LogP contribution in [0.15, 0.2) is 42.7 Å². The van der Waals surface area contributed by atoms with E-state index in [0.29, 0.717) is 6.61 Å². The number of aromatic nitrogens is 2. The maximum Gasteiger partial charge on any atom is 0.119 e. The number of benzene rings is 1. The third-order valence-corrected chi connectivity index (χ3v) is 2.71. The smallest absolute Gasteiger partial charge is 0.119 e. The van der Waals surface area contributed by atoms with Crippen molar-refractivity contribution in [2.45, 2.75) is 25.9 Å². The zero-order valence-corrected chi connectivity index (χ0v) is 10.6. The van der Waals surface area contributed by atoms with Crippen LogP contribution in [0.1, 0.15) is 24.9 Å². The summed E-state index contributed by atoms with van der Waals surface area (Å²) in [5.74, 6) is 0.842. The molecule has 2 rings (SSSR count). The van der Waals surface area contributed by atoms with Crippen molar-refractivity contribution < 1.29 is 4.74 Å². The first kappa shape index (κ1) is 12.6. The summed E-state index contributed by atoms with van der Waals surface area (Å²) >= 11 is 0. The molecule has 4 nitrogen and oxygen atoms in total. The van der Waals surface area contributed by atoms with Gasteiger partial charge in [-0.15, -0.1) is 0 Å². The Balaban J connectivity index is 1.89.